The molecule has 1 N–H and O–H groups in total. The van der Waals surface area contributed by atoms with Crippen LogP contribution in [0.15, 0.2) is 48.5 Å². The minimum absolute atomic E-state index is 0.000751. The number of hydrogen-bond donors (Lipinski definition) is 1. The minimum Gasteiger partial charge on any atom is -0.325 e. The highest BCUT2D eigenvalue weighted by Crippen LogP contribution is 2.18. The summed E-state index contributed by atoms with van der Waals surface area (Å²) in [4.78, 5) is 16.8. The molecule has 0 aliphatic rings. The van der Waals surface area contributed by atoms with Crippen molar-refractivity contribution in [1.29, 1.82) is 0 Å². The molecule has 2 aromatic carbocycles. The molecule has 7 heteroatoms. The summed E-state index contributed by atoms with van der Waals surface area (Å²) in [5.41, 5.74) is 3.21. The van der Waals surface area contributed by atoms with Crippen molar-refractivity contribution in [3.8, 4) is 0 Å². The van der Waals surface area contributed by atoms with Crippen molar-refractivity contribution < 1.29 is 13.2 Å². The fourth-order valence-corrected chi connectivity index (χ4v) is 3.32. The molecular formula is C18H19N3O3S. The van der Waals surface area contributed by atoms with Crippen LogP contribution in [0.5, 0.6) is 0 Å². The zero-order valence-corrected chi connectivity index (χ0v) is 14.9. The van der Waals surface area contributed by atoms with E-state index in [2.05, 4.69) is 10.3 Å². The molecule has 0 saturated carbocycles. The van der Waals surface area contributed by atoms with E-state index in [-0.39, 0.29) is 18.2 Å². The van der Waals surface area contributed by atoms with Crippen LogP contribution in [0.1, 0.15) is 11.4 Å². The largest absolute Gasteiger partial charge is 0.325 e. The van der Waals surface area contributed by atoms with Crippen molar-refractivity contribution >= 4 is 32.5 Å². The van der Waals surface area contributed by atoms with E-state index < -0.39 is 9.84 Å². The van der Waals surface area contributed by atoms with Crippen LogP contribution in [-0.4, -0.2) is 30.1 Å². The van der Waals surface area contributed by atoms with Crippen LogP contribution in [0, 0.1) is 6.92 Å². The Balaban J connectivity index is 1.89. The van der Waals surface area contributed by atoms with Crippen molar-refractivity contribution in [2.45, 2.75) is 19.2 Å². The molecule has 0 unspecified atom stereocenters. The Bertz CT molecular complexity index is 1020. The molecule has 0 spiro atoms. The second-order valence-corrected chi connectivity index (χ2v) is 8.23. The van der Waals surface area contributed by atoms with E-state index >= 15 is 0 Å². The summed E-state index contributed by atoms with van der Waals surface area (Å²) >= 11 is 0. The Hall–Kier alpha value is -2.67. The van der Waals surface area contributed by atoms with E-state index in [0.717, 1.165) is 17.3 Å². The van der Waals surface area contributed by atoms with Gasteiger partial charge in [0.1, 0.15) is 18.1 Å². The number of carbonyl (C=O) groups excluding carboxylic acids is 1. The lowest BCUT2D eigenvalue weighted by Crippen LogP contribution is -2.21. The normalized spacial score (nSPS) is 11.6. The number of hydrogen-bond acceptors (Lipinski definition) is 4. The lowest BCUT2D eigenvalue weighted by Gasteiger charge is -2.10. The molecule has 0 radical (unpaired) electrons. The molecule has 1 aromatic heterocycles. The van der Waals surface area contributed by atoms with Crippen molar-refractivity contribution in [3.05, 3.63) is 59.9 Å². The predicted molar refractivity (Wildman–Crippen MR) is 98.1 cm³/mol. The number of carbonyl (C=O) groups is 1. The molecule has 0 atom stereocenters. The summed E-state index contributed by atoms with van der Waals surface area (Å²) in [6, 6.07) is 14.8. The molecule has 1 heterocycles. The van der Waals surface area contributed by atoms with E-state index in [0.29, 0.717) is 17.0 Å². The molecule has 0 fully saturated rings. The Morgan fingerprint density at radius 1 is 1.12 bits per heavy atom. The maximum absolute atomic E-state index is 12.4. The molecule has 1 amide bonds. The predicted octanol–water partition coefficient (Wildman–Crippen LogP) is 2.53. The SMILES string of the molecule is Cc1ccc(NC(=O)Cn2c(CS(C)(=O)=O)nc3ccccc32)cc1. The minimum atomic E-state index is -3.26. The van der Waals surface area contributed by atoms with Crippen LogP contribution in [0.4, 0.5) is 5.69 Å². The summed E-state index contributed by atoms with van der Waals surface area (Å²) in [6.07, 6.45) is 1.16. The zero-order chi connectivity index (χ0) is 18.0. The molecule has 3 rings (SSSR count). The molecule has 0 bridgehead atoms. The van der Waals surface area contributed by atoms with Gasteiger partial charge in [-0.3, -0.25) is 4.79 Å². The number of imidazole rings is 1. The summed E-state index contributed by atoms with van der Waals surface area (Å²) in [5, 5.41) is 2.83. The van der Waals surface area contributed by atoms with Gasteiger partial charge in [-0.2, -0.15) is 0 Å². The Labute approximate surface area is 146 Å². The fraction of sp³-hybridized carbons (Fsp3) is 0.222. The lowest BCUT2D eigenvalue weighted by molar-refractivity contribution is -0.116. The quantitative estimate of drug-likeness (QED) is 0.761. The monoisotopic (exact) mass is 357 g/mol. The number of anilines is 1. The van der Waals surface area contributed by atoms with E-state index in [9.17, 15) is 13.2 Å². The van der Waals surface area contributed by atoms with Gasteiger partial charge in [0.25, 0.3) is 0 Å². The summed E-state index contributed by atoms with van der Waals surface area (Å²) < 4.78 is 25.0. The van der Waals surface area contributed by atoms with Gasteiger partial charge in [-0.15, -0.1) is 0 Å². The smallest absolute Gasteiger partial charge is 0.244 e. The van der Waals surface area contributed by atoms with E-state index in [1.165, 1.54) is 0 Å². The highest BCUT2D eigenvalue weighted by molar-refractivity contribution is 7.89. The third kappa shape index (κ3) is 4.24. The number of para-hydroxylation sites is 2. The van der Waals surface area contributed by atoms with Crippen molar-refractivity contribution in [2.75, 3.05) is 11.6 Å². The van der Waals surface area contributed by atoms with Gasteiger partial charge in [0.2, 0.25) is 5.91 Å². The van der Waals surface area contributed by atoms with Gasteiger partial charge < -0.3 is 9.88 Å². The summed E-state index contributed by atoms with van der Waals surface area (Å²) in [6.45, 7) is 1.97. The standard InChI is InChI=1S/C18H19N3O3S/c1-13-7-9-14(10-8-13)19-18(22)11-21-16-6-4-3-5-15(16)20-17(21)12-25(2,23)24/h3-10H,11-12H2,1-2H3,(H,19,22). The number of aryl methyl sites for hydroxylation is 1. The number of nitrogens with zero attached hydrogens (tertiary/aromatic N) is 2. The summed E-state index contributed by atoms with van der Waals surface area (Å²) in [7, 11) is -3.26. The molecular weight excluding hydrogens is 338 g/mol. The van der Waals surface area contributed by atoms with Gasteiger partial charge in [-0.1, -0.05) is 29.8 Å². The first-order valence-electron chi connectivity index (χ1n) is 7.80. The number of aromatic nitrogens is 2. The van der Waals surface area contributed by atoms with Gasteiger partial charge in [0.05, 0.1) is 11.0 Å². The second-order valence-electron chi connectivity index (χ2n) is 6.09. The molecule has 6 nitrogen and oxygen atoms in total. The molecule has 25 heavy (non-hydrogen) atoms. The highest BCUT2D eigenvalue weighted by atomic mass is 32.2. The van der Waals surface area contributed by atoms with Crippen LogP contribution in [0.2, 0.25) is 0 Å². The Kier molecular flexibility index (Phi) is 4.59. The van der Waals surface area contributed by atoms with Crippen LogP contribution < -0.4 is 5.32 Å². The fourth-order valence-electron chi connectivity index (χ4n) is 2.63. The van der Waals surface area contributed by atoms with Crippen LogP contribution in [-0.2, 0) is 26.9 Å². The second kappa shape index (κ2) is 6.68. The Morgan fingerprint density at radius 3 is 2.48 bits per heavy atom. The van der Waals surface area contributed by atoms with Crippen LogP contribution >= 0.6 is 0 Å². The van der Waals surface area contributed by atoms with Gasteiger partial charge >= 0.3 is 0 Å². The lowest BCUT2D eigenvalue weighted by atomic mass is 10.2. The third-order valence-corrected chi connectivity index (χ3v) is 4.54. The van der Waals surface area contributed by atoms with Gasteiger partial charge in [0, 0.05) is 11.9 Å². The topological polar surface area (TPSA) is 81.1 Å². The van der Waals surface area contributed by atoms with Crippen molar-refractivity contribution in [3.63, 3.8) is 0 Å². The van der Waals surface area contributed by atoms with E-state index in [1.54, 1.807) is 10.6 Å². The van der Waals surface area contributed by atoms with Gasteiger partial charge in [-0.25, -0.2) is 13.4 Å². The average molecular weight is 357 g/mol. The highest BCUT2D eigenvalue weighted by Gasteiger charge is 2.17. The van der Waals surface area contributed by atoms with Crippen LogP contribution in [0.3, 0.4) is 0 Å². The average Bonchev–Trinajstić information content (AvgIpc) is 2.85. The van der Waals surface area contributed by atoms with E-state index in [4.69, 9.17) is 0 Å². The number of rotatable bonds is 5. The van der Waals surface area contributed by atoms with Crippen LogP contribution in [0.25, 0.3) is 11.0 Å². The number of sulfone groups is 1. The van der Waals surface area contributed by atoms with Gasteiger partial charge in [-0.05, 0) is 31.2 Å². The Morgan fingerprint density at radius 2 is 1.80 bits per heavy atom. The molecule has 0 saturated heterocycles. The first-order valence-corrected chi connectivity index (χ1v) is 9.86. The number of nitrogens with one attached hydrogen (secondary N) is 1. The first-order chi connectivity index (χ1) is 11.8. The van der Waals surface area contributed by atoms with Gasteiger partial charge in [0.15, 0.2) is 9.84 Å². The molecule has 3 aromatic rings. The number of benzene rings is 2. The van der Waals surface area contributed by atoms with Crippen molar-refractivity contribution in [1.82, 2.24) is 9.55 Å². The number of fused-ring (bicyclic) bond motifs is 1. The number of amides is 1. The molecule has 130 valence electrons. The third-order valence-electron chi connectivity index (χ3n) is 3.76. The first kappa shape index (κ1) is 17.2. The maximum Gasteiger partial charge on any atom is 0.244 e. The molecule has 0 aliphatic carbocycles. The maximum atomic E-state index is 12.4. The summed E-state index contributed by atoms with van der Waals surface area (Å²) in [5.74, 6) is -0.0797. The molecule has 0 aliphatic heterocycles. The zero-order valence-electron chi connectivity index (χ0n) is 14.1. The van der Waals surface area contributed by atoms with Crippen molar-refractivity contribution in [2.24, 2.45) is 0 Å². The van der Waals surface area contributed by atoms with E-state index in [1.807, 2.05) is 49.4 Å².